The van der Waals surface area contributed by atoms with Gasteiger partial charge in [0, 0.05) is 25.2 Å². The van der Waals surface area contributed by atoms with E-state index in [1.807, 2.05) is 13.8 Å². The molecule has 0 aromatic rings. The number of rotatable bonds is 2. The Kier molecular flexibility index (Phi) is 5.71. The van der Waals surface area contributed by atoms with Crippen LogP contribution in [0.5, 0.6) is 0 Å². The second-order valence-electron chi connectivity index (χ2n) is 3.55. The van der Waals surface area contributed by atoms with Gasteiger partial charge in [0.25, 0.3) is 0 Å². The molecule has 0 spiro atoms. The lowest BCUT2D eigenvalue weighted by atomic mass is 10.1. The van der Waals surface area contributed by atoms with Gasteiger partial charge in [0.2, 0.25) is 5.91 Å². The zero-order valence-electron chi connectivity index (χ0n) is 7.80. The van der Waals surface area contributed by atoms with Crippen LogP contribution >= 0.6 is 0 Å². The highest BCUT2D eigenvalue weighted by molar-refractivity contribution is 5.78. The highest BCUT2D eigenvalue weighted by atomic mass is 16.5. The number of hydrogen-bond donors (Lipinski definition) is 1. The molecule has 78 valence electrons. The summed E-state index contributed by atoms with van der Waals surface area (Å²) in [6, 6.07) is 0.341. The summed E-state index contributed by atoms with van der Waals surface area (Å²) in [5.74, 6) is 0.245. The van der Waals surface area contributed by atoms with E-state index in [2.05, 4.69) is 5.32 Å². The van der Waals surface area contributed by atoms with Gasteiger partial charge in [0.05, 0.1) is 0 Å². The van der Waals surface area contributed by atoms with Gasteiger partial charge >= 0.3 is 0 Å². The molecule has 3 heteroatoms. The summed E-state index contributed by atoms with van der Waals surface area (Å²) in [5, 5.41) is 3.00. The first-order valence-corrected chi connectivity index (χ1v) is 4.58. The van der Waals surface area contributed by atoms with E-state index in [0.29, 0.717) is 6.04 Å². The van der Waals surface area contributed by atoms with Gasteiger partial charge in [-0.1, -0.05) is 21.3 Å². The van der Waals surface area contributed by atoms with Gasteiger partial charge in [-0.25, -0.2) is 0 Å². The van der Waals surface area contributed by atoms with E-state index >= 15 is 0 Å². The minimum atomic E-state index is 0. The zero-order valence-corrected chi connectivity index (χ0v) is 7.80. The average molecular weight is 187 g/mol. The van der Waals surface area contributed by atoms with Crippen LogP contribution in [-0.4, -0.2) is 25.2 Å². The van der Waals surface area contributed by atoms with Crippen LogP contribution in [0.2, 0.25) is 0 Å². The maximum Gasteiger partial charge on any atom is 0.222 e. The molecule has 1 fully saturated rings. The molecule has 1 aliphatic heterocycles. The van der Waals surface area contributed by atoms with Crippen LogP contribution in [0.15, 0.2) is 0 Å². The summed E-state index contributed by atoms with van der Waals surface area (Å²) in [5.41, 5.74) is 0. The molecule has 0 saturated carbocycles. The predicted octanol–water partition coefficient (Wildman–Crippen LogP) is 1.57. The Balaban J connectivity index is 0.00000144. The quantitative estimate of drug-likeness (QED) is 0.712. The van der Waals surface area contributed by atoms with E-state index in [-0.39, 0.29) is 19.3 Å². The van der Waals surface area contributed by atoms with Crippen molar-refractivity contribution in [2.75, 3.05) is 13.2 Å². The van der Waals surface area contributed by atoms with Crippen LogP contribution in [0.1, 0.15) is 34.1 Å². The maximum absolute atomic E-state index is 11.3. The molecule has 0 bridgehead atoms. The van der Waals surface area contributed by atoms with Gasteiger partial charge in [0.1, 0.15) is 0 Å². The third-order valence-electron chi connectivity index (χ3n) is 2.09. The molecule has 0 aliphatic carbocycles. The van der Waals surface area contributed by atoms with Gasteiger partial charge in [-0.05, 0) is 12.8 Å². The van der Waals surface area contributed by atoms with Gasteiger partial charge in [-0.2, -0.15) is 0 Å². The van der Waals surface area contributed by atoms with Crippen molar-refractivity contribution in [2.45, 2.75) is 40.2 Å². The van der Waals surface area contributed by atoms with E-state index in [9.17, 15) is 4.79 Å². The summed E-state index contributed by atoms with van der Waals surface area (Å²) in [4.78, 5) is 11.3. The Morgan fingerprint density at radius 2 is 1.92 bits per heavy atom. The number of hydrogen-bond acceptors (Lipinski definition) is 2. The molecule has 0 aromatic heterocycles. The van der Waals surface area contributed by atoms with Crippen LogP contribution in [0, 0.1) is 5.92 Å². The van der Waals surface area contributed by atoms with Gasteiger partial charge in [-0.15, -0.1) is 0 Å². The summed E-state index contributed by atoms with van der Waals surface area (Å²) in [7, 11) is 0. The second kappa shape index (κ2) is 5.97. The van der Waals surface area contributed by atoms with Crippen molar-refractivity contribution in [3.8, 4) is 0 Å². The first-order valence-electron chi connectivity index (χ1n) is 4.58. The van der Waals surface area contributed by atoms with Crippen molar-refractivity contribution >= 4 is 5.91 Å². The lowest BCUT2D eigenvalue weighted by Gasteiger charge is -2.23. The van der Waals surface area contributed by atoms with Crippen LogP contribution in [0.4, 0.5) is 0 Å². The molecule has 0 aromatic carbocycles. The normalized spacial score (nSPS) is 18.1. The lowest BCUT2D eigenvalue weighted by molar-refractivity contribution is -0.125. The highest BCUT2D eigenvalue weighted by Gasteiger charge is 2.17. The Hall–Kier alpha value is -0.570. The molecule has 3 nitrogen and oxygen atoms in total. The predicted molar refractivity (Wildman–Crippen MR) is 53.6 cm³/mol. The van der Waals surface area contributed by atoms with Crippen molar-refractivity contribution in [2.24, 2.45) is 5.92 Å². The smallest absolute Gasteiger partial charge is 0.222 e. The van der Waals surface area contributed by atoms with Crippen LogP contribution in [0.25, 0.3) is 0 Å². The molecule has 1 N–H and O–H groups in total. The van der Waals surface area contributed by atoms with Crippen LogP contribution in [-0.2, 0) is 9.53 Å². The standard InChI is InChI=1S/C9H17NO2.CH4/c1-7(2)9(11)10-8-3-5-12-6-4-8;/h7-8H,3-6H2,1-2H3,(H,10,11);1H4. The number of amides is 1. The molecule has 1 rings (SSSR count). The minimum Gasteiger partial charge on any atom is -0.381 e. The second-order valence-corrected chi connectivity index (χ2v) is 3.55. The van der Waals surface area contributed by atoms with Crippen molar-refractivity contribution in [3.63, 3.8) is 0 Å². The number of ether oxygens (including phenoxy) is 1. The largest absolute Gasteiger partial charge is 0.381 e. The van der Waals surface area contributed by atoms with E-state index in [4.69, 9.17) is 4.74 Å². The van der Waals surface area contributed by atoms with Gasteiger partial charge < -0.3 is 10.1 Å². The van der Waals surface area contributed by atoms with Gasteiger partial charge in [0.15, 0.2) is 0 Å². The third-order valence-corrected chi connectivity index (χ3v) is 2.09. The van der Waals surface area contributed by atoms with Crippen molar-refractivity contribution in [1.82, 2.24) is 5.32 Å². The molecular weight excluding hydrogens is 166 g/mol. The number of nitrogens with one attached hydrogen (secondary N) is 1. The Labute approximate surface area is 80.8 Å². The summed E-state index contributed by atoms with van der Waals surface area (Å²) in [6.45, 7) is 5.38. The van der Waals surface area contributed by atoms with Crippen LogP contribution < -0.4 is 5.32 Å². The van der Waals surface area contributed by atoms with E-state index in [0.717, 1.165) is 26.1 Å². The van der Waals surface area contributed by atoms with Gasteiger partial charge in [-0.3, -0.25) is 4.79 Å². The molecule has 0 unspecified atom stereocenters. The van der Waals surface area contributed by atoms with E-state index in [1.54, 1.807) is 0 Å². The molecule has 0 atom stereocenters. The molecule has 1 amide bonds. The van der Waals surface area contributed by atoms with Crippen LogP contribution in [0.3, 0.4) is 0 Å². The topological polar surface area (TPSA) is 38.3 Å². The summed E-state index contributed by atoms with van der Waals surface area (Å²) < 4.78 is 5.19. The fourth-order valence-corrected chi connectivity index (χ4v) is 1.21. The summed E-state index contributed by atoms with van der Waals surface area (Å²) in [6.07, 6.45) is 1.91. The fourth-order valence-electron chi connectivity index (χ4n) is 1.21. The SMILES string of the molecule is C.CC(C)C(=O)NC1CCOCC1. The van der Waals surface area contributed by atoms with E-state index in [1.165, 1.54) is 0 Å². The molecule has 1 heterocycles. The first kappa shape index (κ1) is 12.4. The Morgan fingerprint density at radius 1 is 1.38 bits per heavy atom. The maximum atomic E-state index is 11.3. The molecular formula is C10H21NO2. The Morgan fingerprint density at radius 3 is 2.38 bits per heavy atom. The lowest BCUT2D eigenvalue weighted by Crippen LogP contribution is -2.40. The molecule has 13 heavy (non-hydrogen) atoms. The molecule has 0 radical (unpaired) electrons. The molecule has 1 saturated heterocycles. The minimum absolute atomic E-state index is 0. The summed E-state index contributed by atoms with van der Waals surface area (Å²) >= 11 is 0. The first-order chi connectivity index (χ1) is 5.70. The van der Waals surface area contributed by atoms with Crippen molar-refractivity contribution < 1.29 is 9.53 Å². The Bertz CT molecular complexity index is 151. The highest BCUT2D eigenvalue weighted by Crippen LogP contribution is 2.06. The molecule has 1 aliphatic rings. The van der Waals surface area contributed by atoms with E-state index < -0.39 is 0 Å². The average Bonchev–Trinajstić information content (AvgIpc) is 2.06. The third kappa shape index (κ3) is 4.27. The monoisotopic (exact) mass is 187 g/mol. The van der Waals surface area contributed by atoms with Crippen molar-refractivity contribution in [3.05, 3.63) is 0 Å². The number of carbonyl (C=O) groups excluding carboxylic acids is 1. The van der Waals surface area contributed by atoms with Crippen molar-refractivity contribution in [1.29, 1.82) is 0 Å². The fraction of sp³-hybridized carbons (Fsp3) is 0.900. The zero-order chi connectivity index (χ0) is 8.97. The number of carbonyl (C=O) groups is 1.